The van der Waals surface area contributed by atoms with Crippen LogP contribution < -0.4 is 5.32 Å². The number of aryl methyl sites for hydroxylation is 2. The number of hydrogen-bond acceptors (Lipinski definition) is 4. The third-order valence-corrected chi connectivity index (χ3v) is 4.14. The Balaban J connectivity index is 2.06. The second-order valence-corrected chi connectivity index (χ2v) is 5.72. The molecule has 1 aromatic carbocycles. The van der Waals surface area contributed by atoms with Crippen molar-refractivity contribution in [3.8, 4) is 0 Å². The molecule has 0 spiro atoms. The maximum absolute atomic E-state index is 4.63. The minimum atomic E-state index is 0.813. The Bertz CT molecular complexity index is 532. The van der Waals surface area contributed by atoms with E-state index in [4.69, 9.17) is 0 Å². The number of nitrogens with one attached hydrogen (secondary N) is 1. The second-order valence-electron chi connectivity index (χ2n) is 4.67. The fourth-order valence-corrected chi connectivity index (χ4v) is 2.82. The molecule has 0 bridgehead atoms. The summed E-state index contributed by atoms with van der Waals surface area (Å²) < 4.78 is 0. The zero-order chi connectivity index (χ0) is 14.4. The lowest BCUT2D eigenvalue weighted by molar-refractivity contribution is 0.707. The summed E-state index contributed by atoms with van der Waals surface area (Å²) in [5.41, 5.74) is 3.39. The first-order chi connectivity index (χ1) is 9.70. The van der Waals surface area contributed by atoms with Crippen LogP contribution in [0.15, 0.2) is 35.2 Å². The quantitative estimate of drug-likeness (QED) is 0.825. The normalized spacial score (nSPS) is 10.8. The van der Waals surface area contributed by atoms with Gasteiger partial charge in [-0.3, -0.25) is 0 Å². The second kappa shape index (κ2) is 7.41. The van der Waals surface area contributed by atoms with Crippen LogP contribution in [0, 0.1) is 13.8 Å². The van der Waals surface area contributed by atoms with Crippen molar-refractivity contribution < 1.29 is 0 Å². The number of aromatic nitrogens is 2. The summed E-state index contributed by atoms with van der Waals surface area (Å²) in [6, 6.07) is 10.4. The first-order valence-corrected chi connectivity index (χ1v) is 7.90. The standard InChI is InChI=1S/C16H21N3S/c1-4-17-10-15-12(2)18-16(19-13(15)3)11-20-14-8-6-5-7-9-14/h5-9,17H,4,10-11H2,1-3H3. The van der Waals surface area contributed by atoms with E-state index in [9.17, 15) is 0 Å². The monoisotopic (exact) mass is 287 g/mol. The Morgan fingerprint density at radius 3 is 2.30 bits per heavy atom. The predicted molar refractivity (Wildman–Crippen MR) is 84.9 cm³/mol. The molecule has 0 fully saturated rings. The molecule has 2 rings (SSSR count). The molecule has 1 heterocycles. The zero-order valence-corrected chi connectivity index (χ0v) is 13.1. The number of hydrogen-bond donors (Lipinski definition) is 1. The van der Waals surface area contributed by atoms with Gasteiger partial charge in [0.15, 0.2) is 0 Å². The number of benzene rings is 1. The van der Waals surface area contributed by atoms with Gasteiger partial charge in [0.1, 0.15) is 5.82 Å². The van der Waals surface area contributed by atoms with Crippen molar-refractivity contribution in [3.05, 3.63) is 53.1 Å². The fraction of sp³-hybridized carbons (Fsp3) is 0.375. The summed E-state index contributed by atoms with van der Waals surface area (Å²) in [5.74, 6) is 1.72. The average Bonchev–Trinajstić information content (AvgIpc) is 2.45. The summed E-state index contributed by atoms with van der Waals surface area (Å²) >= 11 is 1.77. The molecule has 0 aliphatic carbocycles. The highest BCUT2D eigenvalue weighted by molar-refractivity contribution is 7.98. The van der Waals surface area contributed by atoms with Crippen molar-refractivity contribution in [3.63, 3.8) is 0 Å². The van der Waals surface area contributed by atoms with E-state index in [2.05, 4.69) is 60.3 Å². The largest absolute Gasteiger partial charge is 0.313 e. The molecule has 1 aromatic heterocycles. The third-order valence-electron chi connectivity index (χ3n) is 3.13. The van der Waals surface area contributed by atoms with Gasteiger partial charge in [-0.25, -0.2) is 9.97 Å². The van der Waals surface area contributed by atoms with Gasteiger partial charge in [0.2, 0.25) is 0 Å². The van der Waals surface area contributed by atoms with Crippen LogP contribution in [0.3, 0.4) is 0 Å². The third kappa shape index (κ3) is 4.05. The van der Waals surface area contributed by atoms with Gasteiger partial charge in [0.25, 0.3) is 0 Å². The Morgan fingerprint density at radius 2 is 1.70 bits per heavy atom. The maximum Gasteiger partial charge on any atom is 0.139 e. The molecule has 0 aliphatic heterocycles. The summed E-state index contributed by atoms with van der Waals surface area (Å²) in [6.07, 6.45) is 0. The van der Waals surface area contributed by atoms with Crippen LogP contribution in [0.5, 0.6) is 0 Å². The van der Waals surface area contributed by atoms with Crippen molar-refractivity contribution in [2.45, 2.75) is 38.0 Å². The lowest BCUT2D eigenvalue weighted by atomic mass is 10.1. The topological polar surface area (TPSA) is 37.8 Å². The number of thioether (sulfide) groups is 1. The van der Waals surface area contributed by atoms with Gasteiger partial charge in [-0.15, -0.1) is 11.8 Å². The minimum absolute atomic E-state index is 0.813. The van der Waals surface area contributed by atoms with E-state index < -0.39 is 0 Å². The van der Waals surface area contributed by atoms with Crippen LogP contribution in [0.2, 0.25) is 0 Å². The molecular weight excluding hydrogens is 266 g/mol. The molecule has 20 heavy (non-hydrogen) atoms. The van der Waals surface area contributed by atoms with Crippen LogP contribution in [-0.4, -0.2) is 16.5 Å². The van der Waals surface area contributed by atoms with Crippen LogP contribution >= 0.6 is 11.8 Å². The molecule has 0 atom stereocenters. The van der Waals surface area contributed by atoms with Gasteiger partial charge in [-0.2, -0.15) is 0 Å². The highest BCUT2D eigenvalue weighted by Crippen LogP contribution is 2.21. The Morgan fingerprint density at radius 1 is 1.05 bits per heavy atom. The molecule has 0 radical (unpaired) electrons. The molecule has 2 aromatic rings. The summed E-state index contributed by atoms with van der Waals surface area (Å²) in [5, 5.41) is 3.34. The highest BCUT2D eigenvalue weighted by Gasteiger charge is 2.08. The van der Waals surface area contributed by atoms with Crippen molar-refractivity contribution in [1.82, 2.24) is 15.3 Å². The maximum atomic E-state index is 4.63. The Hall–Kier alpha value is -1.39. The van der Waals surface area contributed by atoms with Crippen LogP contribution in [0.25, 0.3) is 0 Å². The predicted octanol–water partition coefficient (Wildman–Crippen LogP) is 3.50. The van der Waals surface area contributed by atoms with Gasteiger partial charge in [0, 0.05) is 28.4 Å². The molecule has 3 nitrogen and oxygen atoms in total. The molecule has 0 saturated carbocycles. The van der Waals surface area contributed by atoms with E-state index in [1.807, 2.05) is 6.07 Å². The van der Waals surface area contributed by atoms with E-state index in [1.165, 1.54) is 10.5 Å². The van der Waals surface area contributed by atoms with E-state index in [-0.39, 0.29) is 0 Å². The van der Waals surface area contributed by atoms with Gasteiger partial charge >= 0.3 is 0 Å². The van der Waals surface area contributed by atoms with Gasteiger partial charge in [-0.1, -0.05) is 25.1 Å². The first kappa shape index (κ1) is 15.0. The van der Waals surface area contributed by atoms with Crippen molar-refractivity contribution in [2.24, 2.45) is 0 Å². The van der Waals surface area contributed by atoms with Gasteiger partial charge in [0.05, 0.1) is 5.75 Å². The molecule has 1 N–H and O–H groups in total. The van der Waals surface area contributed by atoms with Crippen LogP contribution in [-0.2, 0) is 12.3 Å². The van der Waals surface area contributed by atoms with Crippen molar-refractivity contribution >= 4 is 11.8 Å². The first-order valence-electron chi connectivity index (χ1n) is 6.92. The van der Waals surface area contributed by atoms with E-state index in [0.29, 0.717) is 0 Å². The van der Waals surface area contributed by atoms with Crippen molar-refractivity contribution in [1.29, 1.82) is 0 Å². The number of nitrogens with zero attached hydrogens (tertiary/aromatic N) is 2. The van der Waals surface area contributed by atoms with Crippen LogP contribution in [0.4, 0.5) is 0 Å². The lowest BCUT2D eigenvalue weighted by Gasteiger charge is -2.11. The lowest BCUT2D eigenvalue weighted by Crippen LogP contribution is -2.16. The highest BCUT2D eigenvalue weighted by atomic mass is 32.2. The molecular formula is C16H21N3S. The minimum Gasteiger partial charge on any atom is -0.313 e. The smallest absolute Gasteiger partial charge is 0.139 e. The Kier molecular flexibility index (Phi) is 5.56. The molecule has 0 saturated heterocycles. The van der Waals surface area contributed by atoms with E-state index >= 15 is 0 Å². The van der Waals surface area contributed by atoms with Crippen LogP contribution in [0.1, 0.15) is 29.7 Å². The molecule has 4 heteroatoms. The average molecular weight is 287 g/mol. The number of rotatable bonds is 6. The van der Waals surface area contributed by atoms with Gasteiger partial charge in [-0.05, 0) is 32.5 Å². The summed E-state index contributed by atoms with van der Waals surface area (Å²) in [4.78, 5) is 10.5. The summed E-state index contributed by atoms with van der Waals surface area (Å²) in [7, 11) is 0. The molecule has 0 amide bonds. The van der Waals surface area contributed by atoms with Gasteiger partial charge < -0.3 is 5.32 Å². The molecule has 0 aliphatic rings. The molecule has 106 valence electrons. The van der Waals surface area contributed by atoms with E-state index in [1.54, 1.807) is 11.8 Å². The van der Waals surface area contributed by atoms with Crippen molar-refractivity contribution in [2.75, 3.05) is 6.54 Å². The summed E-state index contributed by atoms with van der Waals surface area (Å²) in [6.45, 7) is 8.05. The zero-order valence-electron chi connectivity index (χ0n) is 12.3. The molecule has 0 unspecified atom stereocenters. The Labute approximate surface area is 125 Å². The fourth-order valence-electron chi connectivity index (χ4n) is 2.04. The SMILES string of the molecule is CCNCc1c(C)nc(CSc2ccccc2)nc1C. The van der Waals surface area contributed by atoms with E-state index in [0.717, 1.165) is 36.1 Å².